The maximum Gasteiger partial charge on any atom is 0.162 e. The summed E-state index contributed by atoms with van der Waals surface area (Å²) in [5, 5.41) is 3.13. The summed E-state index contributed by atoms with van der Waals surface area (Å²) in [4.78, 5) is 9.26. The molecule has 0 atom stereocenters. The van der Waals surface area contributed by atoms with Crippen molar-refractivity contribution in [3.05, 3.63) is 17.1 Å². The van der Waals surface area contributed by atoms with Crippen LogP contribution in [0.1, 0.15) is 42.8 Å². The molecule has 0 radical (unpaired) electrons. The van der Waals surface area contributed by atoms with Crippen LogP contribution >= 0.6 is 0 Å². The van der Waals surface area contributed by atoms with Crippen molar-refractivity contribution in [2.45, 2.75) is 45.1 Å². The van der Waals surface area contributed by atoms with Crippen molar-refractivity contribution >= 4 is 5.82 Å². The smallest absolute Gasteiger partial charge is 0.162 e. The second-order valence-corrected chi connectivity index (χ2v) is 4.76. The first-order chi connectivity index (χ1) is 8.13. The third kappa shape index (κ3) is 2.02. The van der Waals surface area contributed by atoms with E-state index in [2.05, 4.69) is 15.3 Å². The summed E-state index contributed by atoms with van der Waals surface area (Å²) >= 11 is 0. The minimum Gasteiger partial charge on any atom is -0.373 e. The van der Waals surface area contributed by atoms with E-state index in [9.17, 15) is 0 Å². The molecule has 17 heavy (non-hydrogen) atoms. The van der Waals surface area contributed by atoms with Gasteiger partial charge in [-0.3, -0.25) is 0 Å². The summed E-state index contributed by atoms with van der Waals surface area (Å²) in [5.74, 6) is 1.75. The van der Waals surface area contributed by atoms with Crippen LogP contribution in [0.5, 0.6) is 0 Å². The maximum absolute atomic E-state index is 5.73. The van der Waals surface area contributed by atoms with E-state index in [1.165, 1.54) is 12.8 Å². The summed E-state index contributed by atoms with van der Waals surface area (Å²) in [6.45, 7) is 4.07. The van der Waals surface area contributed by atoms with E-state index in [4.69, 9.17) is 4.74 Å². The van der Waals surface area contributed by atoms with Crippen LogP contribution in [0.2, 0.25) is 0 Å². The first kappa shape index (κ1) is 12.3. The topological polar surface area (TPSA) is 47.0 Å². The molecule has 0 bridgehead atoms. The number of anilines is 1. The van der Waals surface area contributed by atoms with Crippen molar-refractivity contribution in [2.24, 2.45) is 0 Å². The average Bonchev–Trinajstić information content (AvgIpc) is 2.82. The lowest BCUT2D eigenvalue weighted by atomic mass is 10.0. The number of aryl methyl sites for hydroxylation is 1. The molecule has 1 aliphatic carbocycles. The molecule has 0 aromatic carbocycles. The summed E-state index contributed by atoms with van der Waals surface area (Å²) in [5.41, 5.74) is 1.88. The Morgan fingerprint density at radius 1 is 1.18 bits per heavy atom. The Bertz CT molecular complexity index is 411. The Balaban J connectivity index is 2.48. The lowest BCUT2D eigenvalue weighted by molar-refractivity contribution is -0.0163. The minimum absolute atomic E-state index is 0.260. The van der Waals surface area contributed by atoms with Crippen molar-refractivity contribution in [2.75, 3.05) is 19.5 Å². The lowest BCUT2D eigenvalue weighted by Gasteiger charge is -2.26. The average molecular weight is 235 g/mol. The van der Waals surface area contributed by atoms with E-state index >= 15 is 0 Å². The Hall–Kier alpha value is -1.16. The third-order valence-corrected chi connectivity index (χ3v) is 3.84. The predicted molar refractivity (Wildman–Crippen MR) is 68.2 cm³/mol. The highest BCUT2D eigenvalue weighted by atomic mass is 16.5. The fourth-order valence-electron chi connectivity index (χ4n) is 2.54. The molecule has 1 aliphatic rings. The van der Waals surface area contributed by atoms with Gasteiger partial charge in [-0.15, -0.1) is 0 Å². The second-order valence-electron chi connectivity index (χ2n) is 4.76. The molecule has 0 spiro atoms. The Labute approximate surface area is 103 Å². The van der Waals surface area contributed by atoms with Crippen LogP contribution in [-0.4, -0.2) is 24.1 Å². The molecular formula is C13H21N3O. The molecule has 1 aromatic heterocycles. The van der Waals surface area contributed by atoms with E-state index in [0.29, 0.717) is 0 Å². The van der Waals surface area contributed by atoms with E-state index in [0.717, 1.165) is 35.7 Å². The molecular weight excluding hydrogens is 214 g/mol. The van der Waals surface area contributed by atoms with Gasteiger partial charge in [0.1, 0.15) is 11.4 Å². The monoisotopic (exact) mass is 235 g/mol. The van der Waals surface area contributed by atoms with E-state index in [1.807, 2.05) is 20.9 Å². The molecule has 1 saturated carbocycles. The number of ether oxygens (including phenoxy) is 1. The van der Waals surface area contributed by atoms with Crippen LogP contribution < -0.4 is 5.32 Å². The number of rotatable bonds is 3. The van der Waals surface area contributed by atoms with Gasteiger partial charge < -0.3 is 10.1 Å². The molecule has 0 unspecified atom stereocenters. The first-order valence-corrected chi connectivity index (χ1v) is 6.21. The third-order valence-electron chi connectivity index (χ3n) is 3.84. The van der Waals surface area contributed by atoms with Gasteiger partial charge in [0, 0.05) is 25.4 Å². The fourth-order valence-corrected chi connectivity index (χ4v) is 2.54. The van der Waals surface area contributed by atoms with Gasteiger partial charge in [-0.2, -0.15) is 0 Å². The molecule has 0 aliphatic heterocycles. The van der Waals surface area contributed by atoms with Crippen molar-refractivity contribution < 1.29 is 4.74 Å². The maximum atomic E-state index is 5.73. The van der Waals surface area contributed by atoms with Gasteiger partial charge in [-0.25, -0.2) is 9.97 Å². The molecule has 1 aromatic rings. The number of methoxy groups -OCH3 is 1. The number of aromatic nitrogens is 2. The minimum atomic E-state index is -0.260. The van der Waals surface area contributed by atoms with Gasteiger partial charge in [0.05, 0.1) is 0 Å². The van der Waals surface area contributed by atoms with Crippen LogP contribution in [0.3, 0.4) is 0 Å². The fraction of sp³-hybridized carbons (Fsp3) is 0.692. The Kier molecular flexibility index (Phi) is 3.33. The van der Waals surface area contributed by atoms with Gasteiger partial charge >= 0.3 is 0 Å². The molecule has 1 fully saturated rings. The Morgan fingerprint density at radius 2 is 1.82 bits per heavy atom. The normalized spacial score (nSPS) is 18.4. The molecule has 4 nitrogen and oxygen atoms in total. The number of nitrogens with zero attached hydrogens (tertiary/aromatic N) is 2. The van der Waals surface area contributed by atoms with Crippen molar-refractivity contribution in [3.63, 3.8) is 0 Å². The quantitative estimate of drug-likeness (QED) is 0.874. The van der Waals surface area contributed by atoms with Gasteiger partial charge in [-0.1, -0.05) is 0 Å². The zero-order valence-corrected chi connectivity index (χ0v) is 11.1. The van der Waals surface area contributed by atoms with Crippen LogP contribution in [0.15, 0.2) is 0 Å². The largest absolute Gasteiger partial charge is 0.373 e. The zero-order chi connectivity index (χ0) is 12.5. The molecule has 0 saturated heterocycles. The Morgan fingerprint density at radius 3 is 2.35 bits per heavy atom. The van der Waals surface area contributed by atoms with E-state index < -0.39 is 0 Å². The number of hydrogen-bond acceptors (Lipinski definition) is 4. The second kappa shape index (κ2) is 4.61. The number of hydrogen-bond donors (Lipinski definition) is 1. The highest BCUT2D eigenvalue weighted by molar-refractivity contribution is 5.45. The SMILES string of the molecule is CNc1nc(C2(OC)CCCC2)nc(C)c1C. The van der Waals surface area contributed by atoms with E-state index in [-0.39, 0.29) is 5.60 Å². The summed E-state index contributed by atoms with van der Waals surface area (Å²) < 4.78 is 5.73. The summed E-state index contributed by atoms with van der Waals surface area (Å²) in [6.07, 6.45) is 4.43. The van der Waals surface area contributed by atoms with Crippen LogP contribution in [0.4, 0.5) is 5.82 Å². The summed E-state index contributed by atoms with van der Waals surface area (Å²) in [6, 6.07) is 0. The van der Waals surface area contributed by atoms with Crippen LogP contribution in [0, 0.1) is 13.8 Å². The highest BCUT2D eigenvalue weighted by Gasteiger charge is 2.39. The lowest BCUT2D eigenvalue weighted by Crippen LogP contribution is -2.28. The van der Waals surface area contributed by atoms with Crippen molar-refractivity contribution in [1.29, 1.82) is 0 Å². The number of nitrogens with one attached hydrogen (secondary N) is 1. The zero-order valence-electron chi connectivity index (χ0n) is 11.1. The van der Waals surface area contributed by atoms with Crippen molar-refractivity contribution in [3.8, 4) is 0 Å². The standard InChI is InChI=1S/C13H21N3O/c1-9-10(2)15-12(16-11(9)14-3)13(17-4)7-5-6-8-13/h5-8H2,1-4H3,(H,14,15,16). The predicted octanol–water partition coefficient (Wildman–Crippen LogP) is 2.55. The molecule has 4 heteroatoms. The molecule has 1 N–H and O–H groups in total. The van der Waals surface area contributed by atoms with Gasteiger partial charge in [0.2, 0.25) is 0 Å². The molecule has 2 rings (SSSR count). The molecule has 1 heterocycles. The molecule has 94 valence electrons. The van der Waals surface area contributed by atoms with Crippen LogP contribution in [0.25, 0.3) is 0 Å². The van der Waals surface area contributed by atoms with Crippen molar-refractivity contribution in [1.82, 2.24) is 9.97 Å². The highest BCUT2D eigenvalue weighted by Crippen LogP contribution is 2.40. The van der Waals surface area contributed by atoms with Gasteiger partial charge in [0.25, 0.3) is 0 Å². The van der Waals surface area contributed by atoms with Gasteiger partial charge in [0.15, 0.2) is 5.82 Å². The summed E-state index contributed by atoms with van der Waals surface area (Å²) in [7, 11) is 3.66. The van der Waals surface area contributed by atoms with Gasteiger partial charge in [-0.05, 0) is 39.5 Å². The molecule has 0 amide bonds. The first-order valence-electron chi connectivity index (χ1n) is 6.21. The van der Waals surface area contributed by atoms with Crippen LogP contribution in [-0.2, 0) is 10.3 Å². The van der Waals surface area contributed by atoms with E-state index in [1.54, 1.807) is 7.11 Å².